The number of esters is 1. The molecule has 1 aromatic heterocycles. The summed E-state index contributed by atoms with van der Waals surface area (Å²) < 4.78 is 45.4. The van der Waals surface area contributed by atoms with E-state index in [9.17, 15) is 13.6 Å². The molecule has 204 valence electrons. The molecule has 0 spiro atoms. The van der Waals surface area contributed by atoms with Gasteiger partial charge in [-0.2, -0.15) is 4.98 Å². The quantitative estimate of drug-likeness (QED) is 0.329. The van der Waals surface area contributed by atoms with Crippen LogP contribution in [0.3, 0.4) is 0 Å². The molecule has 0 saturated heterocycles. The Hall–Kier alpha value is -3.53. The van der Waals surface area contributed by atoms with Crippen molar-refractivity contribution in [3.8, 4) is 17.2 Å². The summed E-state index contributed by atoms with van der Waals surface area (Å²) in [5, 5.41) is 3.99. The summed E-state index contributed by atoms with van der Waals surface area (Å²) >= 11 is 0. The van der Waals surface area contributed by atoms with E-state index in [-0.39, 0.29) is 35.2 Å². The third kappa shape index (κ3) is 6.66. The molecule has 4 rings (SSSR count). The number of anilines is 2. The smallest absolute Gasteiger partial charge is 0.307 e. The Bertz CT molecular complexity index is 1280. The third-order valence-corrected chi connectivity index (χ3v) is 5.87. The van der Waals surface area contributed by atoms with Crippen molar-refractivity contribution in [1.82, 2.24) is 15.0 Å². The van der Waals surface area contributed by atoms with Crippen LogP contribution in [-0.4, -0.2) is 52.9 Å². The van der Waals surface area contributed by atoms with E-state index in [4.69, 9.17) is 14.0 Å². The lowest BCUT2D eigenvalue weighted by molar-refractivity contribution is -0.155. The zero-order valence-electron chi connectivity index (χ0n) is 22.7. The lowest BCUT2D eigenvalue weighted by Gasteiger charge is -2.21. The normalized spacial score (nSPS) is 13.4. The summed E-state index contributed by atoms with van der Waals surface area (Å²) in [7, 11) is 1.96. The Morgan fingerprint density at radius 2 is 1.89 bits per heavy atom. The third-order valence-electron chi connectivity index (χ3n) is 5.87. The van der Waals surface area contributed by atoms with Crippen LogP contribution in [0, 0.1) is 11.6 Å². The molecule has 0 radical (unpaired) electrons. The van der Waals surface area contributed by atoms with Crippen LogP contribution in [0.1, 0.15) is 52.2 Å². The number of halogens is 2. The van der Waals surface area contributed by atoms with Gasteiger partial charge in [0.05, 0.1) is 12.5 Å². The number of carbonyl (C=O) groups excluding carboxylic acids is 1. The van der Waals surface area contributed by atoms with Gasteiger partial charge in [-0.05, 0) is 70.4 Å². The Morgan fingerprint density at radius 1 is 1.18 bits per heavy atom. The van der Waals surface area contributed by atoms with Gasteiger partial charge in [0.25, 0.3) is 11.8 Å². The van der Waals surface area contributed by atoms with Crippen LogP contribution in [0.15, 0.2) is 34.9 Å². The van der Waals surface area contributed by atoms with Gasteiger partial charge in [0.15, 0.2) is 0 Å². The molecular formula is C28H34F2N4O4. The van der Waals surface area contributed by atoms with E-state index < -0.39 is 17.2 Å². The largest absolute Gasteiger partial charge is 0.491 e. The number of carbonyl (C=O) groups is 1. The van der Waals surface area contributed by atoms with E-state index in [1.54, 1.807) is 13.8 Å². The first-order chi connectivity index (χ1) is 17.9. The van der Waals surface area contributed by atoms with Gasteiger partial charge >= 0.3 is 5.97 Å². The van der Waals surface area contributed by atoms with Crippen LogP contribution >= 0.6 is 0 Å². The summed E-state index contributed by atoms with van der Waals surface area (Å²) in [6.45, 7) is 11.0. The van der Waals surface area contributed by atoms with Crippen LogP contribution in [0.5, 0.6) is 5.75 Å². The second-order valence-electron chi connectivity index (χ2n) is 10.8. The predicted molar refractivity (Wildman–Crippen MR) is 139 cm³/mol. The van der Waals surface area contributed by atoms with Gasteiger partial charge in [-0.25, -0.2) is 8.78 Å². The molecule has 0 aliphatic carbocycles. The number of benzene rings is 2. The molecule has 0 N–H and O–H groups in total. The molecule has 10 heteroatoms. The van der Waals surface area contributed by atoms with Crippen LogP contribution in [0.2, 0.25) is 0 Å². The number of aromatic nitrogens is 2. The summed E-state index contributed by atoms with van der Waals surface area (Å²) in [6, 6.07) is 8.33. The Kier molecular flexibility index (Phi) is 8.01. The summed E-state index contributed by atoms with van der Waals surface area (Å²) in [6.07, 6.45) is 0.864. The second-order valence-corrected chi connectivity index (χ2v) is 10.8. The summed E-state index contributed by atoms with van der Waals surface area (Å²) in [5.41, 5.74) is 2.26. The average molecular weight is 529 g/mol. The molecule has 0 atom stereocenters. The van der Waals surface area contributed by atoms with E-state index in [0.717, 1.165) is 35.4 Å². The minimum absolute atomic E-state index is 0.0956. The lowest BCUT2D eigenvalue weighted by atomic mass is 10.1. The van der Waals surface area contributed by atoms with Gasteiger partial charge in [0.2, 0.25) is 0 Å². The van der Waals surface area contributed by atoms with Crippen molar-refractivity contribution in [3.63, 3.8) is 0 Å². The highest BCUT2D eigenvalue weighted by atomic mass is 19.1. The maximum atomic E-state index is 14.7. The zero-order valence-corrected chi connectivity index (χ0v) is 22.7. The molecule has 0 bridgehead atoms. The number of hydrogen-bond acceptors (Lipinski definition) is 8. The predicted octanol–water partition coefficient (Wildman–Crippen LogP) is 5.66. The van der Waals surface area contributed by atoms with Gasteiger partial charge < -0.3 is 23.8 Å². The molecule has 38 heavy (non-hydrogen) atoms. The average Bonchev–Trinajstić information content (AvgIpc) is 3.42. The number of fused-ring (bicyclic) bond motifs is 1. The molecule has 0 amide bonds. The van der Waals surface area contributed by atoms with Crippen LogP contribution in [0.4, 0.5) is 20.4 Å². The van der Waals surface area contributed by atoms with Gasteiger partial charge in [-0.3, -0.25) is 4.79 Å². The van der Waals surface area contributed by atoms with E-state index in [2.05, 4.69) is 21.1 Å². The maximum Gasteiger partial charge on any atom is 0.307 e. The van der Waals surface area contributed by atoms with Crippen molar-refractivity contribution in [3.05, 3.63) is 53.1 Å². The summed E-state index contributed by atoms with van der Waals surface area (Å²) in [4.78, 5) is 20.2. The number of rotatable bonds is 9. The Labute approximate surface area is 221 Å². The van der Waals surface area contributed by atoms with Crippen LogP contribution in [-0.2, 0) is 22.5 Å². The molecule has 3 aromatic rings. The molecule has 2 aromatic carbocycles. The number of hydrogen-bond donors (Lipinski definition) is 0. The van der Waals surface area contributed by atoms with Gasteiger partial charge in [0.1, 0.15) is 28.5 Å². The topological polar surface area (TPSA) is 80.9 Å². The second kappa shape index (κ2) is 11.1. The van der Waals surface area contributed by atoms with Gasteiger partial charge in [-0.15, -0.1) is 0 Å². The van der Waals surface area contributed by atoms with Crippen LogP contribution in [0.25, 0.3) is 11.5 Å². The molecule has 0 unspecified atom stereocenters. The van der Waals surface area contributed by atoms with Crippen molar-refractivity contribution >= 4 is 17.6 Å². The minimum atomic E-state index is -0.835. The fourth-order valence-electron chi connectivity index (χ4n) is 4.35. The van der Waals surface area contributed by atoms with Gasteiger partial charge in [-0.1, -0.05) is 12.1 Å². The minimum Gasteiger partial charge on any atom is -0.491 e. The highest BCUT2D eigenvalue weighted by Crippen LogP contribution is 2.36. The first-order valence-corrected chi connectivity index (χ1v) is 12.7. The Morgan fingerprint density at radius 3 is 2.55 bits per heavy atom. The lowest BCUT2D eigenvalue weighted by Crippen LogP contribution is -2.27. The van der Waals surface area contributed by atoms with Crippen molar-refractivity contribution in [1.29, 1.82) is 0 Å². The Balaban J connectivity index is 1.43. The molecule has 2 heterocycles. The fourth-order valence-corrected chi connectivity index (χ4v) is 4.35. The zero-order chi connectivity index (χ0) is 27.6. The fraction of sp³-hybridized carbons (Fsp3) is 0.464. The first kappa shape index (κ1) is 27.5. The van der Waals surface area contributed by atoms with Crippen LogP contribution < -0.4 is 9.64 Å². The molecule has 0 saturated carbocycles. The van der Waals surface area contributed by atoms with Crippen molar-refractivity contribution in [2.24, 2.45) is 0 Å². The molecular weight excluding hydrogens is 494 g/mol. The monoisotopic (exact) mass is 528 g/mol. The van der Waals surface area contributed by atoms with Crippen molar-refractivity contribution in [2.75, 3.05) is 25.0 Å². The van der Waals surface area contributed by atoms with E-state index in [1.165, 1.54) is 0 Å². The van der Waals surface area contributed by atoms with E-state index in [0.29, 0.717) is 26.1 Å². The maximum absolute atomic E-state index is 14.7. The van der Waals surface area contributed by atoms with Crippen molar-refractivity contribution < 1.29 is 27.6 Å². The number of nitrogens with zero attached hydrogens (tertiary/aromatic N) is 4. The SMILES string of the molecule is CC(C)Oc1cc(F)c(-c2nc(N3CCc4cc(CN(C)CCC(=O)OC(C)(C)C)ccc43)no2)c(F)c1. The number of ether oxygens (including phenoxy) is 2. The molecule has 1 aliphatic rings. The standard InChI is InChI=1S/C28H34F2N4O4/c1-17(2)36-20-14-21(29)25(22(30)15-20)26-31-27(32-38-26)34-12-9-19-13-18(7-8-23(19)34)16-33(6)11-10-24(35)37-28(3,4)5/h7-8,13-15,17H,9-12,16H2,1-6H3. The molecule has 1 aliphatic heterocycles. The van der Waals surface area contributed by atoms with E-state index in [1.807, 2.05) is 44.9 Å². The summed E-state index contributed by atoms with van der Waals surface area (Å²) in [5.74, 6) is -1.78. The van der Waals surface area contributed by atoms with Crippen molar-refractivity contribution in [2.45, 2.75) is 65.7 Å². The molecule has 0 fully saturated rings. The highest BCUT2D eigenvalue weighted by Gasteiger charge is 2.27. The van der Waals surface area contributed by atoms with E-state index >= 15 is 0 Å². The van der Waals surface area contributed by atoms with Gasteiger partial charge in [0, 0.05) is 37.5 Å². The highest BCUT2D eigenvalue weighted by molar-refractivity contribution is 5.70. The molecule has 8 nitrogen and oxygen atoms in total. The first-order valence-electron chi connectivity index (χ1n) is 12.7.